The molecular formula is C18H21N3O3S. The summed E-state index contributed by atoms with van der Waals surface area (Å²) in [6.45, 7) is 3.30. The van der Waals surface area contributed by atoms with Crippen LogP contribution in [0.15, 0.2) is 41.6 Å². The molecule has 25 heavy (non-hydrogen) atoms. The molecule has 2 heterocycles. The predicted octanol–water partition coefficient (Wildman–Crippen LogP) is 2.89. The summed E-state index contributed by atoms with van der Waals surface area (Å²) in [5, 5.41) is 0. The summed E-state index contributed by atoms with van der Waals surface area (Å²) in [5.41, 5.74) is 0.760. The summed E-state index contributed by atoms with van der Waals surface area (Å²) >= 11 is 1.69. The first-order valence-corrected chi connectivity index (χ1v) is 9.23. The van der Waals surface area contributed by atoms with Crippen LogP contribution >= 0.6 is 11.8 Å². The normalized spacial score (nSPS) is 16.7. The van der Waals surface area contributed by atoms with Crippen LogP contribution in [0.5, 0.6) is 11.8 Å². The molecule has 1 fully saturated rings. The maximum absolute atomic E-state index is 12.9. The van der Waals surface area contributed by atoms with Gasteiger partial charge < -0.3 is 14.4 Å². The maximum atomic E-state index is 12.9. The summed E-state index contributed by atoms with van der Waals surface area (Å²) in [5.74, 6) is 1.82. The molecule has 0 saturated carbocycles. The van der Waals surface area contributed by atoms with Gasteiger partial charge in [0, 0.05) is 17.9 Å². The average molecular weight is 359 g/mol. The van der Waals surface area contributed by atoms with Crippen LogP contribution in [0.25, 0.3) is 0 Å². The summed E-state index contributed by atoms with van der Waals surface area (Å²) in [6, 6.07) is 7.76. The second-order valence-corrected chi connectivity index (χ2v) is 6.91. The predicted molar refractivity (Wildman–Crippen MR) is 96.4 cm³/mol. The molecule has 1 aliphatic heterocycles. The fourth-order valence-electron chi connectivity index (χ4n) is 2.76. The van der Waals surface area contributed by atoms with Crippen molar-refractivity contribution in [2.24, 2.45) is 0 Å². The number of ether oxygens (including phenoxy) is 2. The molecule has 1 aromatic carbocycles. The van der Waals surface area contributed by atoms with Gasteiger partial charge in [0.25, 0.3) is 5.91 Å². The van der Waals surface area contributed by atoms with E-state index in [1.54, 1.807) is 18.0 Å². The highest BCUT2D eigenvalue weighted by Crippen LogP contribution is 2.25. The topological polar surface area (TPSA) is 64.6 Å². The highest BCUT2D eigenvalue weighted by atomic mass is 32.2. The SMILES string of the molecule is CCSc1ccccc1C(=O)N1CCC(Oc2cncc(OC)n2)C1. The van der Waals surface area contributed by atoms with E-state index in [4.69, 9.17) is 9.47 Å². The van der Waals surface area contributed by atoms with E-state index in [9.17, 15) is 4.79 Å². The number of nitrogens with zero attached hydrogens (tertiary/aromatic N) is 3. The Morgan fingerprint density at radius 1 is 1.32 bits per heavy atom. The molecule has 0 aliphatic carbocycles. The minimum absolute atomic E-state index is 0.0550. The maximum Gasteiger partial charge on any atom is 0.255 e. The van der Waals surface area contributed by atoms with Crippen molar-refractivity contribution in [1.29, 1.82) is 0 Å². The lowest BCUT2D eigenvalue weighted by Gasteiger charge is -2.18. The molecule has 1 unspecified atom stereocenters. The Morgan fingerprint density at radius 3 is 2.92 bits per heavy atom. The van der Waals surface area contributed by atoms with Crippen LogP contribution in [0, 0.1) is 0 Å². The minimum atomic E-state index is -0.0867. The van der Waals surface area contributed by atoms with E-state index in [0.29, 0.717) is 24.8 Å². The van der Waals surface area contributed by atoms with Gasteiger partial charge in [-0.2, -0.15) is 4.98 Å². The third kappa shape index (κ3) is 4.22. The first-order chi connectivity index (χ1) is 12.2. The van der Waals surface area contributed by atoms with E-state index in [2.05, 4.69) is 16.9 Å². The molecule has 132 valence electrons. The lowest BCUT2D eigenvalue weighted by Crippen LogP contribution is -2.31. The summed E-state index contributed by atoms with van der Waals surface area (Å²) in [4.78, 5) is 24.0. The summed E-state index contributed by atoms with van der Waals surface area (Å²) < 4.78 is 10.9. The van der Waals surface area contributed by atoms with E-state index < -0.39 is 0 Å². The number of benzene rings is 1. The average Bonchev–Trinajstić information content (AvgIpc) is 3.10. The van der Waals surface area contributed by atoms with E-state index >= 15 is 0 Å². The standard InChI is InChI=1S/C18H21N3O3S/c1-3-25-15-7-5-4-6-14(15)18(22)21-9-8-13(12-21)24-17-11-19-10-16(20-17)23-2/h4-7,10-11,13H,3,8-9,12H2,1-2H3. The van der Waals surface area contributed by atoms with Gasteiger partial charge in [0.05, 0.1) is 31.6 Å². The Labute approximate surface area is 151 Å². The van der Waals surface area contributed by atoms with Gasteiger partial charge in [-0.3, -0.25) is 9.78 Å². The number of aromatic nitrogens is 2. The fourth-order valence-corrected chi connectivity index (χ4v) is 3.56. The Bertz CT molecular complexity index is 741. The molecule has 0 radical (unpaired) electrons. The summed E-state index contributed by atoms with van der Waals surface area (Å²) in [6.07, 6.45) is 3.77. The van der Waals surface area contributed by atoms with E-state index in [1.165, 1.54) is 13.3 Å². The van der Waals surface area contributed by atoms with Gasteiger partial charge in [0.1, 0.15) is 6.10 Å². The van der Waals surface area contributed by atoms with Gasteiger partial charge >= 0.3 is 0 Å². The van der Waals surface area contributed by atoms with E-state index in [1.807, 2.05) is 29.2 Å². The smallest absolute Gasteiger partial charge is 0.255 e. The van der Waals surface area contributed by atoms with E-state index in [0.717, 1.165) is 22.6 Å². The number of methoxy groups -OCH3 is 1. The second-order valence-electron chi connectivity index (χ2n) is 5.61. The minimum Gasteiger partial charge on any atom is -0.480 e. The number of hydrogen-bond acceptors (Lipinski definition) is 6. The van der Waals surface area contributed by atoms with Crippen molar-refractivity contribution in [2.75, 3.05) is 26.0 Å². The van der Waals surface area contributed by atoms with Crippen LogP contribution in [-0.4, -0.2) is 52.8 Å². The number of carbonyl (C=O) groups is 1. The highest BCUT2D eigenvalue weighted by molar-refractivity contribution is 7.99. The van der Waals surface area contributed by atoms with Gasteiger partial charge in [0.2, 0.25) is 11.8 Å². The quantitative estimate of drug-likeness (QED) is 0.739. The lowest BCUT2D eigenvalue weighted by molar-refractivity contribution is 0.0767. The van der Waals surface area contributed by atoms with Gasteiger partial charge in [-0.1, -0.05) is 19.1 Å². The molecular weight excluding hydrogens is 338 g/mol. The molecule has 0 bridgehead atoms. The number of thioether (sulfide) groups is 1. The van der Waals surface area contributed by atoms with Crippen molar-refractivity contribution in [1.82, 2.24) is 14.9 Å². The van der Waals surface area contributed by atoms with Crippen LogP contribution < -0.4 is 9.47 Å². The Kier molecular flexibility index (Phi) is 5.75. The molecule has 3 rings (SSSR count). The fraction of sp³-hybridized carbons (Fsp3) is 0.389. The molecule has 1 aliphatic rings. The number of likely N-dealkylation sites (tertiary alicyclic amines) is 1. The molecule has 1 atom stereocenters. The zero-order valence-electron chi connectivity index (χ0n) is 14.3. The van der Waals surface area contributed by atoms with Crippen LogP contribution in [0.1, 0.15) is 23.7 Å². The molecule has 1 amide bonds. The lowest BCUT2D eigenvalue weighted by atomic mass is 10.2. The molecule has 0 spiro atoms. The molecule has 0 N–H and O–H groups in total. The number of rotatable bonds is 6. The monoisotopic (exact) mass is 359 g/mol. The van der Waals surface area contributed by atoms with Crippen molar-refractivity contribution in [3.63, 3.8) is 0 Å². The number of amides is 1. The third-order valence-electron chi connectivity index (χ3n) is 3.94. The van der Waals surface area contributed by atoms with Crippen LogP contribution in [0.2, 0.25) is 0 Å². The van der Waals surface area contributed by atoms with Crippen molar-refractivity contribution < 1.29 is 14.3 Å². The van der Waals surface area contributed by atoms with Crippen molar-refractivity contribution in [3.05, 3.63) is 42.2 Å². The van der Waals surface area contributed by atoms with Crippen LogP contribution in [0.3, 0.4) is 0 Å². The summed E-state index contributed by atoms with van der Waals surface area (Å²) in [7, 11) is 1.54. The van der Waals surface area contributed by atoms with Gasteiger partial charge in [-0.15, -0.1) is 11.8 Å². The van der Waals surface area contributed by atoms with Crippen LogP contribution in [-0.2, 0) is 0 Å². The van der Waals surface area contributed by atoms with Gasteiger partial charge in [-0.05, 0) is 17.9 Å². The van der Waals surface area contributed by atoms with E-state index in [-0.39, 0.29) is 12.0 Å². The van der Waals surface area contributed by atoms with Crippen LogP contribution in [0.4, 0.5) is 0 Å². The first kappa shape index (κ1) is 17.5. The zero-order valence-corrected chi connectivity index (χ0v) is 15.2. The molecule has 1 saturated heterocycles. The van der Waals surface area contributed by atoms with Gasteiger partial charge in [-0.25, -0.2) is 0 Å². The number of carbonyl (C=O) groups excluding carboxylic acids is 1. The highest BCUT2D eigenvalue weighted by Gasteiger charge is 2.29. The molecule has 2 aromatic rings. The zero-order chi connectivity index (χ0) is 17.6. The first-order valence-electron chi connectivity index (χ1n) is 8.25. The second kappa shape index (κ2) is 8.20. The molecule has 7 heteroatoms. The Morgan fingerprint density at radius 2 is 2.12 bits per heavy atom. The largest absolute Gasteiger partial charge is 0.480 e. The van der Waals surface area contributed by atoms with Crippen molar-refractivity contribution >= 4 is 17.7 Å². The Hall–Kier alpha value is -2.28. The van der Waals surface area contributed by atoms with Crippen molar-refractivity contribution in [3.8, 4) is 11.8 Å². The number of hydrogen-bond donors (Lipinski definition) is 0. The Balaban J connectivity index is 1.65. The van der Waals surface area contributed by atoms with Crippen molar-refractivity contribution in [2.45, 2.75) is 24.3 Å². The molecule has 1 aromatic heterocycles. The van der Waals surface area contributed by atoms with Gasteiger partial charge in [0.15, 0.2) is 0 Å². The molecule has 6 nitrogen and oxygen atoms in total. The third-order valence-corrected chi connectivity index (χ3v) is 4.89.